The number of nitrogens with one attached hydrogen (secondary N) is 1. The van der Waals surface area contributed by atoms with Gasteiger partial charge in [-0.15, -0.1) is 11.3 Å². The molecule has 0 bridgehead atoms. The fraction of sp³-hybridized carbons (Fsp3) is 0.667. The smallest absolute Gasteiger partial charge is 0.347 e. The number of carboxylic acid groups (broad SMARTS) is 1. The van der Waals surface area contributed by atoms with Gasteiger partial charge in [0.15, 0.2) is 0 Å². The van der Waals surface area contributed by atoms with E-state index in [1.807, 2.05) is 20.8 Å². The molecule has 0 amide bonds. The number of thiazole rings is 1. The maximum absolute atomic E-state index is 11.3. The van der Waals surface area contributed by atoms with Crippen LogP contribution in [0.25, 0.3) is 0 Å². The number of rotatable bonds is 2. The third-order valence-electron chi connectivity index (χ3n) is 2.77. The van der Waals surface area contributed by atoms with Crippen molar-refractivity contribution >= 4 is 17.3 Å². The van der Waals surface area contributed by atoms with E-state index in [2.05, 4.69) is 10.3 Å². The van der Waals surface area contributed by atoms with Gasteiger partial charge in [-0.25, -0.2) is 9.78 Å². The third kappa shape index (κ3) is 2.71. The van der Waals surface area contributed by atoms with Crippen LogP contribution < -0.4 is 5.32 Å². The fourth-order valence-corrected chi connectivity index (χ4v) is 3.04. The van der Waals surface area contributed by atoms with Crippen molar-refractivity contribution in [2.45, 2.75) is 32.2 Å². The highest BCUT2D eigenvalue weighted by Gasteiger charge is 2.29. The molecular formula is C12H18N2O3S. The lowest BCUT2D eigenvalue weighted by Crippen LogP contribution is -2.34. The quantitative estimate of drug-likeness (QED) is 0.857. The predicted molar refractivity (Wildman–Crippen MR) is 69.3 cm³/mol. The van der Waals surface area contributed by atoms with Gasteiger partial charge in [0.1, 0.15) is 9.88 Å². The Balaban J connectivity index is 2.35. The molecule has 1 unspecified atom stereocenters. The highest BCUT2D eigenvalue weighted by molar-refractivity contribution is 7.13. The van der Waals surface area contributed by atoms with Crippen LogP contribution in [0, 0.1) is 0 Å². The maximum atomic E-state index is 11.3. The fourth-order valence-electron chi connectivity index (χ4n) is 1.86. The maximum Gasteiger partial charge on any atom is 0.347 e. The molecule has 0 radical (unpaired) electrons. The van der Waals surface area contributed by atoms with E-state index < -0.39 is 5.97 Å². The largest absolute Gasteiger partial charge is 0.477 e. The number of nitrogens with zero attached hydrogens (tertiary/aromatic N) is 1. The molecule has 0 saturated carbocycles. The summed E-state index contributed by atoms with van der Waals surface area (Å²) in [6.45, 7) is 7.95. The van der Waals surface area contributed by atoms with Gasteiger partial charge in [0.2, 0.25) is 0 Å². The number of aromatic nitrogens is 1. The molecule has 1 aromatic rings. The first kappa shape index (κ1) is 13.5. The summed E-state index contributed by atoms with van der Waals surface area (Å²) in [4.78, 5) is 16.1. The van der Waals surface area contributed by atoms with Crippen molar-refractivity contribution in [3.63, 3.8) is 0 Å². The minimum absolute atomic E-state index is 0.0120. The number of carbonyl (C=O) groups is 1. The number of aromatic carboxylic acids is 1. The summed E-state index contributed by atoms with van der Waals surface area (Å²) in [6, 6.07) is 0.0120. The van der Waals surface area contributed by atoms with Crippen LogP contribution in [-0.4, -0.2) is 35.8 Å². The molecule has 1 saturated heterocycles. The minimum atomic E-state index is -0.902. The summed E-state index contributed by atoms with van der Waals surface area (Å²) >= 11 is 1.25. The van der Waals surface area contributed by atoms with Crippen LogP contribution in [0.3, 0.4) is 0 Å². The number of morpholine rings is 1. The zero-order valence-corrected chi connectivity index (χ0v) is 11.6. The van der Waals surface area contributed by atoms with Gasteiger partial charge in [-0.2, -0.15) is 0 Å². The van der Waals surface area contributed by atoms with Crippen LogP contribution in [0.15, 0.2) is 0 Å². The lowest BCUT2D eigenvalue weighted by atomic mass is 9.91. The number of ether oxygens (including phenoxy) is 1. The zero-order valence-electron chi connectivity index (χ0n) is 10.8. The van der Waals surface area contributed by atoms with Crippen LogP contribution in [0.2, 0.25) is 0 Å². The Bertz CT molecular complexity index is 445. The molecule has 18 heavy (non-hydrogen) atoms. The second-order valence-corrected chi connectivity index (χ2v) is 6.40. The summed E-state index contributed by atoms with van der Waals surface area (Å²) in [5.41, 5.74) is 0.389. The molecule has 0 aromatic carbocycles. The normalized spacial score (nSPS) is 20.9. The third-order valence-corrected chi connectivity index (χ3v) is 3.93. The Morgan fingerprint density at radius 1 is 1.56 bits per heavy atom. The van der Waals surface area contributed by atoms with E-state index in [0.717, 1.165) is 11.6 Å². The minimum Gasteiger partial charge on any atom is -0.477 e. The van der Waals surface area contributed by atoms with Gasteiger partial charge in [-0.3, -0.25) is 0 Å². The van der Waals surface area contributed by atoms with Gasteiger partial charge >= 0.3 is 5.97 Å². The lowest BCUT2D eigenvalue weighted by molar-refractivity contribution is 0.0699. The van der Waals surface area contributed by atoms with Crippen LogP contribution >= 0.6 is 11.3 Å². The summed E-state index contributed by atoms with van der Waals surface area (Å²) in [5, 5.41) is 13.4. The van der Waals surface area contributed by atoms with E-state index in [4.69, 9.17) is 4.74 Å². The van der Waals surface area contributed by atoms with Gasteiger partial charge in [0.05, 0.1) is 24.9 Å². The molecule has 5 nitrogen and oxygen atoms in total. The molecule has 6 heteroatoms. The average molecular weight is 270 g/mol. The van der Waals surface area contributed by atoms with Crippen LogP contribution in [0.1, 0.15) is 47.2 Å². The van der Waals surface area contributed by atoms with Crippen LogP contribution in [-0.2, 0) is 10.2 Å². The Hall–Kier alpha value is -0.980. The molecule has 1 aliphatic heterocycles. The van der Waals surface area contributed by atoms with Gasteiger partial charge in [0.25, 0.3) is 0 Å². The highest BCUT2D eigenvalue weighted by Crippen LogP contribution is 2.32. The molecule has 2 N–H and O–H groups in total. The van der Waals surface area contributed by atoms with Crippen molar-refractivity contribution in [1.29, 1.82) is 0 Å². The van der Waals surface area contributed by atoms with Gasteiger partial charge in [-0.05, 0) is 0 Å². The Labute approximate surface area is 110 Å². The van der Waals surface area contributed by atoms with E-state index in [1.165, 1.54) is 11.3 Å². The molecular weight excluding hydrogens is 252 g/mol. The Morgan fingerprint density at radius 2 is 2.28 bits per heavy atom. The summed E-state index contributed by atoms with van der Waals surface area (Å²) in [5.74, 6) is -0.902. The molecule has 0 spiro atoms. The molecule has 1 fully saturated rings. The monoisotopic (exact) mass is 270 g/mol. The number of hydrogen-bond donors (Lipinski definition) is 2. The van der Waals surface area contributed by atoms with Gasteiger partial charge in [0, 0.05) is 12.0 Å². The van der Waals surface area contributed by atoms with E-state index in [9.17, 15) is 9.90 Å². The molecule has 100 valence electrons. The summed E-state index contributed by atoms with van der Waals surface area (Å²) < 4.78 is 5.39. The van der Waals surface area contributed by atoms with E-state index in [1.54, 1.807) is 0 Å². The van der Waals surface area contributed by atoms with E-state index in [0.29, 0.717) is 23.8 Å². The Kier molecular flexibility index (Phi) is 3.70. The van der Waals surface area contributed by atoms with Crippen molar-refractivity contribution in [1.82, 2.24) is 10.3 Å². The van der Waals surface area contributed by atoms with Crippen molar-refractivity contribution in [3.05, 3.63) is 15.6 Å². The van der Waals surface area contributed by atoms with Gasteiger partial charge < -0.3 is 15.2 Å². The van der Waals surface area contributed by atoms with Crippen molar-refractivity contribution in [2.24, 2.45) is 0 Å². The molecule has 1 atom stereocenters. The van der Waals surface area contributed by atoms with Gasteiger partial charge in [-0.1, -0.05) is 20.8 Å². The number of hydrogen-bond acceptors (Lipinski definition) is 5. The Morgan fingerprint density at radius 3 is 2.72 bits per heavy atom. The predicted octanol–water partition coefficient (Wildman–Crippen LogP) is 1.80. The first-order valence-electron chi connectivity index (χ1n) is 5.95. The average Bonchev–Trinajstić information content (AvgIpc) is 2.74. The molecule has 2 heterocycles. The molecule has 1 aromatic heterocycles. The molecule has 0 aliphatic carbocycles. The van der Waals surface area contributed by atoms with Crippen LogP contribution in [0.5, 0.6) is 0 Å². The summed E-state index contributed by atoms with van der Waals surface area (Å²) in [7, 11) is 0. The zero-order chi connectivity index (χ0) is 13.3. The first-order valence-corrected chi connectivity index (χ1v) is 6.77. The van der Waals surface area contributed by atoms with Crippen molar-refractivity contribution in [2.75, 3.05) is 19.8 Å². The SMILES string of the molecule is CC(C)(C)c1nc(C2COCCN2)sc1C(=O)O. The first-order chi connectivity index (χ1) is 8.39. The van der Waals surface area contributed by atoms with E-state index in [-0.39, 0.29) is 11.5 Å². The molecule has 2 rings (SSSR count). The van der Waals surface area contributed by atoms with E-state index >= 15 is 0 Å². The van der Waals surface area contributed by atoms with Crippen molar-refractivity contribution < 1.29 is 14.6 Å². The second kappa shape index (κ2) is 4.95. The van der Waals surface area contributed by atoms with Crippen LogP contribution in [0.4, 0.5) is 0 Å². The lowest BCUT2D eigenvalue weighted by Gasteiger charge is -2.22. The van der Waals surface area contributed by atoms with Crippen molar-refractivity contribution in [3.8, 4) is 0 Å². The standard InChI is InChI=1S/C12H18N2O3S/c1-12(2,3)9-8(11(15)16)18-10(14-9)7-6-17-5-4-13-7/h7,13H,4-6H2,1-3H3,(H,15,16). The summed E-state index contributed by atoms with van der Waals surface area (Å²) in [6.07, 6.45) is 0. The second-order valence-electron chi connectivity index (χ2n) is 5.37. The number of carboxylic acids is 1. The topological polar surface area (TPSA) is 71.5 Å². The molecule has 1 aliphatic rings. The highest BCUT2D eigenvalue weighted by atomic mass is 32.1.